The van der Waals surface area contributed by atoms with E-state index in [0.717, 1.165) is 5.82 Å². The molecule has 0 aliphatic carbocycles. The fourth-order valence-electron chi connectivity index (χ4n) is 0.941. The van der Waals surface area contributed by atoms with Crippen LogP contribution in [0.5, 0.6) is 0 Å². The van der Waals surface area contributed by atoms with Crippen molar-refractivity contribution in [2.75, 3.05) is 30.9 Å². The lowest BCUT2D eigenvalue weighted by molar-refractivity contribution is -0.136. The maximum atomic E-state index is 10.3. The van der Waals surface area contributed by atoms with E-state index in [1.165, 1.54) is 0 Å². The molecule has 2 N–H and O–H groups in total. The van der Waals surface area contributed by atoms with E-state index in [0.29, 0.717) is 12.4 Å². The number of carboxylic acids is 1. The van der Waals surface area contributed by atoms with Gasteiger partial charge in [0.2, 0.25) is 0 Å². The summed E-state index contributed by atoms with van der Waals surface area (Å²) < 4.78 is 0. The van der Waals surface area contributed by atoms with Gasteiger partial charge in [0.15, 0.2) is 0 Å². The Morgan fingerprint density at radius 3 is 2.67 bits per heavy atom. The summed E-state index contributed by atoms with van der Waals surface area (Å²) in [5.74, 6) is 0.515. The van der Waals surface area contributed by atoms with Crippen LogP contribution in [0.2, 0.25) is 0 Å². The highest BCUT2D eigenvalue weighted by Crippen LogP contribution is 2.07. The van der Waals surface area contributed by atoms with Crippen LogP contribution in [0, 0.1) is 0 Å². The third-order valence-corrected chi connectivity index (χ3v) is 1.74. The number of hydrogen-bond acceptors (Lipinski definition) is 5. The third-order valence-electron chi connectivity index (χ3n) is 1.74. The topological polar surface area (TPSA) is 78.4 Å². The molecular formula is C9H14N4O2. The summed E-state index contributed by atoms with van der Waals surface area (Å²) in [6.07, 6.45) is 3.28. The van der Waals surface area contributed by atoms with Crippen molar-refractivity contribution in [3.63, 3.8) is 0 Å². The fraction of sp³-hybridized carbons (Fsp3) is 0.444. The van der Waals surface area contributed by atoms with Gasteiger partial charge in [0, 0.05) is 20.6 Å². The lowest BCUT2D eigenvalue weighted by Gasteiger charge is -2.10. The zero-order chi connectivity index (χ0) is 11.3. The van der Waals surface area contributed by atoms with E-state index >= 15 is 0 Å². The van der Waals surface area contributed by atoms with E-state index in [-0.39, 0.29) is 6.42 Å². The minimum Gasteiger partial charge on any atom is -0.481 e. The predicted octanol–water partition coefficient (Wildman–Crippen LogP) is 0.429. The second kappa shape index (κ2) is 5.14. The van der Waals surface area contributed by atoms with E-state index in [1.807, 2.05) is 19.0 Å². The number of aliphatic carboxylic acids is 1. The van der Waals surface area contributed by atoms with Crippen molar-refractivity contribution >= 4 is 17.6 Å². The highest BCUT2D eigenvalue weighted by atomic mass is 16.4. The normalized spacial score (nSPS) is 9.73. The number of anilines is 2. The molecular weight excluding hydrogens is 196 g/mol. The molecule has 0 atom stereocenters. The molecule has 0 aliphatic heterocycles. The van der Waals surface area contributed by atoms with E-state index in [2.05, 4.69) is 15.3 Å². The maximum Gasteiger partial charge on any atom is 0.305 e. The molecule has 6 heteroatoms. The molecule has 6 nitrogen and oxygen atoms in total. The minimum atomic E-state index is -0.833. The summed E-state index contributed by atoms with van der Waals surface area (Å²) in [6, 6.07) is 0. The molecule has 0 amide bonds. The highest BCUT2D eigenvalue weighted by Gasteiger charge is 2.00. The quantitative estimate of drug-likeness (QED) is 0.733. The number of nitrogens with zero attached hydrogens (tertiary/aromatic N) is 3. The summed E-state index contributed by atoms with van der Waals surface area (Å²) in [5, 5.41) is 11.3. The number of rotatable bonds is 5. The first-order valence-electron chi connectivity index (χ1n) is 4.54. The van der Waals surface area contributed by atoms with Crippen LogP contribution in [0.15, 0.2) is 12.4 Å². The van der Waals surface area contributed by atoms with Crippen LogP contribution in [0.4, 0.5) is 11.6 Å². The van der Waals surface area contributed by atoms with Crippen molar-refractivity contribution in [2.45, 2.75) is 6.42 Å². The number of aromatic nitrogens is 2. The van der Waals surface area contributed by atoms with Crippen LogP contribution in [0.25, 0.3) is 0 Å². The molecule has 1 aromatic rings. The number of carboxylic acid groups (broad SMARTS) is 1. The van der Waals surface area contributed by atoms with E-state index in [4.69, 9.17) is 5.11 Å². The lowest BCUT2D eigenvalue weighted by atomic mass is 10.4. The molecule has 1 aromatic heterocycles. The zero-order valence-corrected chi connectivity index (χ0v) is 8.77. The van der Waals surface area contributed by atoms with Gasteiger partial charge in [0.25, 0.3) is 0 Å². The Balaban J connectivity index is 2.46. The first kappa shape index (κ1) is 11.2. The van der Waals surface area contributed by atoms with Crippen LogP contribution < -0.4 is 10.2 Å². The van der Waals surface area contributed by atoms with Crippen LogP contribution in [0.1, 0.15) is 6.42 Å². The molecule has 82 valence electrons. The van der Waals surface area contributed by atoms with Gasteiger partial charge in [-0.3, -0.25) is 4.79 Å². The molecule has 0 saturated carbocycles. The summed E-state index contributed by atoms with van der Waals surface area (Å²) in [4.78, 5) is 20.3. The average Bonchev–Trinajstić information content (AvgIpc) is 2.18. The van der Waals surface area contributed by atoms with Crippen LogP contribution >= 0.6 is 0 Å². The van der Waals surface area contributed by atoms with Crippen molar-refractivity contribution in [1.82, 2.24) is 9.97 Å². The minimum absolute atomic E-state index is 0.0666. The standard InChI is InChI=1S/C9H14N4O2/c1-13(2)8-6-11-7(5-12-8)10-4-3-9(14)15/h5-6H,3-4H2,1-2H3,(H,10,11)(H,14,15). The van der Waals surface area contributed by atoms with Crippen molar-refractivity contribution in [3.05, 3.63) is 12.4 Å². The van der Waals surface area contributed by atoms with Crippen LogP contribution in [-0.4, -0.2) is 41.7 Å². The number of carbonyl (C=O) groups is 1. The third kappa shape index (κ3) is 3.80. The molecule has 0 spiro atoms. The Hall–Kier alpha value is -1.85. The van der Waals surface area contributed by atoms with E-state index in [1.54, 1.807) is 12.4 Å². The second-order valence-corrected chi connectivity index (χ2v) is 3.22. The first-order chi connectivity index (χ1) is 7.09. The second-order valence-electron chi connectivity index (χ2n) is 3.22. The Kier molecular flexibility index (Phi) is 3.84. The van der Waals surface area contributed by atoms with Gasteiger partial charge in [-0.15, -0.1) is 0 Å². The summed E-state index contributed by atoms with van der Waals surface area (Å²) in [6.45, 7) is 0.353. The van der Waals surface area contributed by atoms with Gasteiger partial charge in [0.05, 0.1) is 18.8 Å². The van der Waals surface area contributed by atoms with Gasteiger partial charge in [-0.2, -0.15) is 0 Å². The number of hydrogen-bond donors (Lipinski definition) is 2. The zero-order valence-electron chi connectivity index (χ0n) is 8.77. The fourth-order valence-corrected chi connectivity index (χ4v) is 0.941. The predicted molar refractivity (Wildman–Crippen MR) is 57.1 cm³/mol. The van der Waals surface area contributed by atoms with Crippen molar-refractivity contribution in [1.29, 1.82) is 0 Å². The van der Waals surface area contributed by atoms with Gasteiger partial charge in [-0.1, -0.05) is 0 Å². The largest absolute Gasteiger partial charge is 0.481 e. The molecule has 0 aromatic carbocycles. The SMILES string of the molecule is CN(C)c1cnc(NCCC(=O)O)cn1. The Morgan fingerprint density at radius 2 is 2.20 bits per heavy atom. The summed E-state index contributed by atoms with van der Waals surface area (Å²) in [5.41, 5.74) is 0. The van der Waals surface area contributed by atoms with Gasteiger partial charge >= 0.3 is 5.97 Å². The Labute approximate surface area is 88.0 Å². The lowest BCUT2D eigenvalue weighted by Crippen LogP contribution is -2.12. The molecule has 0 radical (unpaired) electrons. The van der Waals surface area contributed by atoms with E-state index < -0.39 is 5.97 Å². The molecule has 0 fully saturated rings. The van der Waals surface area contributed by atoms with Crippen molar-refractivity contribution < 1.29 is 9.90 Å². The van der Waals surface area contributed by atoms with Gasteiger partial charge in [-0.05, 0) is 0 Å². The first-order valence-corrected chi connectivity index (χ1v) is 4.54. The monoisotopic (exact) mass is 210 g/mol. The smallest absolute Gasteiger partial charge is 0.305 e. The molecule has 0 aliphatic rings. The molecule has 1 heterocycles. The van der Waals surface area contributed by atoms with Gasteiger partial charge in [0.1, 0.15) is 11.6 Å². The Bertz CT molecular complexity index is 323. The molecule has 15 heavy (non-hydrogen) atoms. The number of nitrogens with one attached hydrogen (secondary N) is 1. The highest BCUT2D eigenvalue weighted by molar-refractivity contribution is 5.67. The van der Waals surface area contributed by atoms with Crippen LogP contribution in [-0.2, 0) is 4.79 Å². The van der Waals surface area contributed by atoms with Crippen molar-refractivity contribution in [3.8, 4) is 0 Å². The molecule has 0 bridgehead atoms. The Morgan fingerprint density at radius 1 is 1.47 bits per heavy atom. The maximum absolute atomic E-state index is 10.3. The molecule has 1 rings (SSSR count). The average molecular weight is 210 g/mol. The molecule has 0 saturated heterocycles. The van der Waals surface area contributed by atoms with Crippen molar-refractivity contribution in [2.24, 2.45) is 0 Å². The summed E-state index contributed by atoms with van der Waals surface area (Å²) in [7, 11) is 3.75. The summed E-state index contributed by atoms with van der Waals surface area (Å²) >= 11 is 0. The van der Waals surface area contributed by atoms with Gasteiger partial charge < -0.3 is 15.3 Å². The van der Waals surface area contributed by atoms with E-state index in [9.17, 15) is 4.79 Å². The van der Waals surface area contributed by atoms with Crippen LogP contribution in [0.3, 0.4) is 0 Å². The molecule has 0 unspecified atom stereocenters. The van der Waals surface area contributed by atoms with Gasteiger partial charge in [-0.25, -0.2) is 9.97 Å².